The molecular formula is C12H21N3. The van der Waals surface area contributed by atoms with Crippen LogP contribution in [0.4, 0.5) is 5.82 Å². The lowest BCUT2D eigenvalue weighted by Gasteiger charge is -2.18. The summed E-state index contributed by atoms with van der Waals surface area (Å²) >= 11 is 0. The molecule has 1 rings (SSSR count). The number of hydrogen-bond acceptors (Lipinski definition) is 3. The van der Waals surface area contributed by atoms with Gasteiger partial charge in [-0.15, -0.1) is 0 Å². The topological polar surface area (TPSA) is 42.1 Å². The molecule has 3 heteroatoms. The van der Waals surface area contributed by atoms with Gasteiger partial charge < -0.3 is 10.6 Å². The number of aromatic nitrogens is 1. The highest BCUT2D eigenvalue weighted by atomic mass is 15.2. The molecule has 0 aliphatic carbocycles. The van der Waals surface area contributed by atoms with Crippen LogP contribution >= 0.6 is 0 Å². The summed E-state index contributed by atoms with van der Waals surface area (Å²) in [6.45, 7) is 5.23. The molecule has 0 aliphatic heterocycles. The van der Waals surface area contributed by atoms with E-state index in [0.29, 0.717) is 0 Å². The minimum absolute atomic E-state index is 0.0753. The van der Waals surface area contributed by atoms with E-state index in [1.165, 1.54) is 12.8 Å². The molecule has 1 heterocycles. The van der Waals surface area contributed by atoms with Gasteiger partial charge >= 0.3 is 0 Å². The molecule has 15 heavy (non-hydrogen) atoms. The van der Waals surface area contributed by atoms with Gasteiger partial charge in [-0.25, -0.2) is 4.98 Å². The van der Waals surface area contributed by atoms with E-state index in [2.05, 4.69) is 29.9 Å². The van der Waals surface area contributed by atoms with Gasteiger partial charge in [-0.2, -0.15) is 0 Å². The van der Waals surface area contributed by atoms with Crippen LogP contribution in [-0.4, -0.2) is 18.6 Å². The Balaban J connectivity index is 2.71. The predicted octanol–water partition coefficient (Wildman–Crippen LogP) is 2.34. The summed E-state index contributed by atoms with van der Waals surface area (Å²) < 4.78 is 0. The minimum Gasteiger partial charge on any atom is -0.360 e. The normalized spacial score (nSPS) is 12.5. The third kappa shape index (κ3) is 3.51. The number of rotatable bonds is 5. The highest BCUT2D eigenvalue weighted by Crippen LogP contribution is 2.15. The third-order valence-corrected chi connectivity index (χ3v) is 2.53. The lowest BCUT2D eigenvalue weighted by molar-refractivity contribution is 0.755. The average Bonchev–Trinajstić information content (AvgIpc) is 2.26. The Labute approximate surface area is 92.3 Å². The molecule has 1 atom stereocenters. The van der Waals surface area contributed by atoms with Crippen LogP contribution in [0, 0.1) is 0 Å². The monoisotopic (exact) mass is 207 g/mol. The molecule has 84 valence electrons. The van der Waals surface area contributed by atoms with Crippen LogP contribution in [0.2, 0.25) is 0 Å². The molecule has 0 saturated carbocycles. The van der Waals surface area contributed by atoms with E-state index in [1.807, 2.05) is 19.2 Å². The van der Waals surface area contributed by atoms with Crippen molar-refractivity contribution in [1.29, 1.82) is 0 Å². The van der Waals surface area contributed by atoms with Gasteiger partial charge in [0.25, 0.3) is 0 Å². The molecule has 0 amide bonds. The van der Waals surface area contributed by atoms with Gasteiger partial charge in [0, 0.05) is 25.8 Å². The third-order valence-electron chi connectivity index (χ3n) is 2.53. The van der Waals surface area contributed by atoms with Crippen molar-refractivity contribution < 1.29 is 0 Å². The number of anilines is 1. The zero-order valence-corrected chi connectivity index (χ0v) is 9.90. The summed E-state index contributed by atoms with van der Waals surface area (Å²) in [5.74, 6) is 1.01. The van der Waals surface area contributed by atoms with E-state index in [-0.39, 0.29) is 6.04 Å². The molecule has 0 aliphatic rings. The van der Waals surface area contributed by atoms with E-state index in [1.54, 1.807) is 0 Å². The maximum Gasteiger partial charge on any atom is 0.128 e. The zero-order valence-electron chi connectivity index (χ0n) is 9.90. The molecule has 0 aromatic carbocycles. The van der Waals surface area contributed by atoms with Crippen molar-refractivity contribution >= 4 is 5.82 Å². The fourth-order valence-corrected chi connectivity index (χ4v) is 1.44. The molecule has 1 aromatic rings. The Kier molecular flexibility index (Phi) is 4.56. The van der Waals surface area contributed by atoms with Crippen molar-refractivity contribution in [3.8, 4) is 0 Å². The van der Waals surface area contributed by atoms with Crippen molar-refractivity contribution in [2.75, 3.05) is 18.5 Å². The van der Waals surface area contributed by atoms with E-state index in [0.717, 1.165) is 17.9 Å². The first kappa shape index (κ1) is 12.0. The molecule has 0 saturated heterocycles. The molecular weight excluding hydrogens is 186 g/mol. The molecule has 2 N–H and O–H groups in total. The Hall–Kier alpha value is -1.09. The summed E-state index contributed by atoms with van der Waals surface area (Å²) in [7, 11) is 2.07. The summed E-state index contributed by atoms with van der Waals surface area (Å²) in [6, 6.07) is 4.12. The van der Waals surface area contributed by atoms with Crippen LogP contribution in [-0.2, 0) is 0 Å². The van der Waals surface area contributed by atoms with Gasteiger partial charge in [-0.05, 0) is 31.0 Å². The van der Waals surface area contributed by atoms with E-state index in [4.69, 9.17) is 5.73 Å². The van der Waals surface area contributed by atoms with E-state index >= 15 is 0 Å². The van der Waals surface area contributed by atoms with Crippen molar-refractivity contribution in [2.45, 2.75) is 32.7 Å². The molecule has 0 spiro atoms. The molecule has 0 bridgehead atoms. The smallest absolute Gasteiger partial charge is 0.128 e. The minimum atomic E-state index is 0.0753. The quantitative estimate of drug-likeness (QED) is 0.805. The van der Waals surface area contributed by atoms with Crippen LogP contribution in [0.15, 0.2) is 18.3 Å². The molecule has 1 aromatic heterocycles. The van der Waals surface area contributed by atoms with E-state index < -0.39 is 0 Å². The standard InChI is InChI=1S/C12H21N3/c1-4-5-8-15(3)12-9-11(10(2)13)6-7-14-12/h6-7,9-10H,4-5,8,13H2,1-3H3/t10-/m1/s1. The number of nitrogens with two attached hydrogens (primary N) is 1. The lowest BCUT2D eigenvalue weighted by Crippen LogP contribution is -2.20. The van der Waals surface area contributed by atoms with Gasteiger partial charge in [0.2, 0.25) is 0 Å². The van der Waals surface area contributed by atoms with Gasteiger partial charge in [0.1, 0.15) is 5.82 Å². The molecule has 0 unspecified atom stereocenters. The Morgan fingerprint density at radius 2 is 2.27 bits per heavy atom. The van der Waals surface area contributed by atoms with Crippen LogP contribution < -0.4 is 10.6 Å². The SMILES string of the molecule is CCCCN(C)c1cc([C@@H](C)N)ccn1. The number of hydrogen-bond donors (Lipinski definition) is 1. The largest absolute Gasteiger partial charge is 0.360 e. The van der Waals surface area contributed by atoms with Crippen LogP contribution in [0.1, 0.15) is 38.3 Å². The second-order valence-electron chi connectivity index (χ2n) is 4.01. The molecule has 0 radical (unpaired) electrons. The highest BCUT2D eigenvalue weighted by molar-refractivity contribution is 5.40. The first-order valence-corrected chi connectivity index (χ1v) is 5.57. The first-order valence-electron chi connectivity index (χ1n) is 5.57. The van der Waals surface area contributed by atoms with Crippen molar-refractivity contribution in [3.63, 3.8) is 0 Å². The number of nitrogens with zero attached hydrogens (tertiary/aromatic N) is 2. The highest BCUT2D eigenvalue weighted by Gasteiger charge is 2.04. The maximum atomic E-state index is 5.84. The van der Waals surface area contributed by atoms with Crippen molar-refractivity contribution in [2.24, 2.45) is 5.73 Å². The fraction of sp³-hybridized carbons (Fsp3) is 0.583. The summed E-state index contributed by atoms with van der Waals surface area (Å²) in [5, 5.41) is 0. The first-order chi connectivity index (χ1) is 7.15. The van der Waals surface area contributed by atoms with Crippen molar-refractivity contribution in [1.82, 2.24) is 4.98 Å². The second kappa shape index (κ2) is 5.71. The zero-order chi connectivity index (χ0) is 11.3. The van der Waals surface area contributed by atoms with E-state index in [9.17, 15) is 0 Å². The summed E-state index contributed by atoms with van der Waals surface area (Å²) in [5.41, 5.74) is 6.98. The molecule has 0 fully saturated rings. The Bertz CT molecular complexity index is 297. The second-order valence-corrected chi connectivity index (χ2v) is 4.01. The molecule has 3 nitrogen and oxygen atoms in total. The van der Waals surface area contributed by atoms with Gasteiger partial charge in [-0.3, -0.25) is 0 Å². The van der Waals surface area contributed by atoms with Crippen molar-refractivity contribution in [3.05, 3.63) is 23.9 Å². The lowest BCUT2D eigenvalue weighted by atomic mass is 10.1. The van der Waals surface area contributed by atoms with Gasteiger partial charge in [-0.1, -0.05) is 13.3 Å². The summed E-state index contributed by atoms with van der Waals surface area (Å²) in [4.78, 5) is 6.52. The van der Waals surface area contributed by atoms with Crippen LogP contribution in [0.25, 0.3) is 0 Å². The van der Waals surface area contributed by atoms with Crippen LogP contribution in [0.5, 0.6) is 0 Å². The summed E-state index contributed by atoms with van der Waals surface area (Å²) in [6.07, 6.45) is 4.23. The van der Waals surface area contributed by atoms with Gasteiger partial charge in [0.05, 0.1) is 0 Å². The van der Waals surface area contributed by atoms with Gasteiger partial charge in [0.15, 0.2) is 0 Å². The average molecular weight is 207 g/mol. The predicted molar refractivity (Wildman–Crippen MR) is 65.0 cm³/mol. The maximum absolute atomic E-state index is 5.84. The van der Waals surface area contributed by atoms with Crippen LogP contribution in [0.3, 0.4) is 0 Å². The Morgan fingerprint density at radius 3 is 2.87 bits per heavy atom. The fourth-order valence-electron chi connectivity index (χ4n) is 1.44. The Morgan fingerprint density at radius 1 is 1.53 bits per heavy atom. The number of unbranched alkanes of at least 4 members (excludes halogenated alkanes) is 1. The number of pyridine rings is 1.